The molecule has 148 valence electrons. The maximum atomic E-state index is 12.9. The lowest BCUT2D eigenvalue weighted by atomic mass is 10.1. The standard InChI is InChI=1S/C20H22N2O4S2/c1-13-4-7-16(10-14(13)2)21-19(23)18-11-27-12-22(18)20(24)15-5-8-17(9-6-15)28(3,25)26/h4-10,18H,11-12H2,1-3H3,(H,21,23). The van der Waals surface area contributed by atoms with Crippen LogP contribution < -0.4 is 5.32 Å². The van der Waals surface area contributed by atoms with Gasteiger partial charge in [-0.2, -0.15) is 0 Å². The number of aryl methyl sites for hydroxylation is 2. The number of carbonyl (C=O) groups excluding carboxylic acids is 2. The first kappa shape index (κ1) is 20.4. The molecule has 8 heteroatoms. The van der Waals surface area contributed by atoms with Crippen LogP contribution in [0.3, 0.4) is 0 Å². The highest BCUT2D eigenvalue weighted by Gasteiger charge is 2.35. The fraction of sp³-hybridized carbons (Fsp3) is 0.300. The van der Waals surface area contributed by atoms with Crippen LogP contribution in [-0.4, -0.2) is 49.1 Å². The van der Waals surface area contributed by atoms with Gasteiger partial charge in [0.1, 0.15) is 6.04 Å². The molecule has 1 saturated heterocycles. The highest BCUT2D eigenvalue weighted by Crippen LogP contribution is 2.25. The van der Waals surface area contributed by atoms with Crippen LogP contribution in [0.1, 0.15) is 21.5 Å². The molecule has 1 aliphatic rings. The van der Waals surface area contributed by atoms with Gasteiger partial charge in [-0.25, -0.2) is 8.42 Å². The Morgan fingerprint density at radius 2 is 1.75 bits per heavy atom. The van der Waals surface area contributed by atoms with E-state index in [0.29, 0.717) is 22.9 Å². The molecule has 1 fully saturated rings. The highest BCUT2D eigenvalue weighted by molar-refractivity contribution is 7.99. The molecule has 0 aliphatic carbocycles. The second-order valence-corrected chi connectivity index (χ2v) is 9.89. The zero-order chi connectivity index (χ0) is 20.5. The van der Waals surface area contributed by atoms with E-state index in [2.05, 4.69) is 5.32 Å². The second kappa shape index (κ2) is 7.97. The minimum absolute atomic E-state index is 0.156. The Morgan fingerprint density at radius 1 is 1.07 bits per heavy atom. The van der Waals surface area contributed by atoms with Gasteiger partial charge in [0.05, 0.1) is 10.8 Å². The smallest absolute Gasteiger partial charge is 0.255 e. The number of nitrogens with one attached hydrogen (secondary N) is 1. The molecule has 28 heavy (non-hydrogen) atoms. The van der Waals surface area contributed by atoms with Crippen LogP contribution in [0.25, 0.3) is 0 Å². The number of sulfone groups is 1. The van der Waals surface area contributed by atoms with Gasteiger partial charge in [-0.1, -0.05) is 6.07 Å². The van der Waals surface area contributed by atoms with Crippen molar-refractivity contribution in [1.29, 1.82) is 0 Å². The van der Waals surface area contributed by atoms with E-state index in [1.807, 2.05) is 32.0 Å². The highest BCUT2D eigenvalue weighted by atomic mass is 32.2. The number of rotatable bonds is 4. The summed E-state index contributed by atoms with van der Waals surface area (Å²) >= 11 is 1.51. The molecule has 2 aromatic rings. The number of hydrogen-bond acceptors (Lipinski definition) is 5. The second-order valence-electron chi connectivity index (χ2n) is 6.88. The molecular formula is C20H22N2O4S2. The van der Waals surface area contributed by atoms with Gasteiger partial charge < -0.3 is 10.2 Å². The maximum absolute atomic E-state index is 12.9. The summed E-state index contributed by atoms with van der Waals surface area (Å²) in [6.07, 6.45) is 1.12. The minimum atomic E-state index is -3.32. The fourth-order valence-corrected chi connectivity index (χ4v) is 4.70. The molecule has 0 aromatic heterocycles. The molecule has 1 heterocycles. The fourth-order valence-electron chi connectivity index (χ4n) is 2.92. The molecule has 1 N–H and O–H groups in total. The SMILES string of the molecule is Cc1ccc(NC(=O)C2CSCN2C(=O)c2ccc(S(C)(=O)=O)cc2)cc1C. The molecule has 3 rings (SSSR count). The third kappa shape index (κ3) is 4.39. The monoisotopic (exact) mass is 418 g/mol. The van der Waals surface area contributed by atoms with Crippen LogP contribution in [0.4, 0.5) is 5.69 Å². The van der Waals surface area contributed by atoms with Gasteiger partial charge in [0, 0.05) is 23.3 Å². The average molecular weight is 419 g/mol. The van der Waals surface area contributed by atoms with Crippen molar-refractivity contribution in [3.63, 3.8) is 0 Å². The Kier molecular flexibility index (Phi) is 5.81. The lowest BCUT2D eigenvalue weighted by molar-refractivity contribution is -0.119. The van der Waals surface area contributed by atoms with E-state index in [1.165, 1.54) is 40.9 Å². The van der Waals surface area contributed by atoms with Crippen molar-refractivity contribution in [2.45, 2.75) is 24.8 Å². The number of thioether (sulfide) groups is 1. The number of carbonyl (C=O) groups is 2. The van der Waals surface area contributed by atoms with E-state index in [9.17, 15) is 18.0 Å². The average Bonchev–Trinajstić information content (AvgIpc) is 3.13. The lowest BCUT2D eigenvalue weighted by Gasteiger charge is -2.23. The van der Waals surface area contributed by atoms with Crippen LogP contribution in [0.15, 0.2) is 47.4 Å². The third-order valence-corrected chi connectivity index (χ3v) is 6.89. The van der Waals surface area contributed by atoms with Crippen LogP contribution in [0.5, 0.6) is 0 Å². The summed E-state index contributed by atoms with van der Waals surface area (Å²) in [7, 11) is -3.32. The van der Waals surface area contributed by atoms with Gasteiger partial charge in [0.2, 0.25) is 5.91 Å². The van der Waals surface area contributed by atoms with Crippen LogP contribution >= 0.6 is 11.8 Å². The molecule has 2 aromatic carbocycles. The zero-order valence-corrected chi connectivity index (χ0v) is 17.6. The first-order valence-corrected chi connectivity index (χ1v) is 11.8. The summed E-state index contributed by atoms with van der Waals surface area (Å²) in [5.41, 5.74) is 3.29. The summed E-state index contributed by atoms with van der Waals surface area (Å²) in [5, 5.41) is 2.89. The molecule has 1 atom stereocenters. The molecule has 0 radical (unpaired) electrons. The third-order valence-electron chi connectivity index (χ3n) is 4.75. The zero-order valence-electron chi connectivity index (χ0n) is 15.9. The van der Waals surface area contributed by atoms with Gasteiger partial charge in [0.25, 0.3) is 5.91 Å². The summed E-state index contributed by atoms with van der Waals surface area (Å²) in [4.78, 5) is 27.3. The van der Waals surface area contributed by atoms with Gasteiger partial charge in [-0.15, -0.1) is 11.8 Å². The van der Waals surface area contributed by atoms with Crippen molar-refractivity contribution >= 4 is 39.1 Å². The Balaban J connectivity index is 1.75. The summed E-state index contributed by atoms with van der Waals surface area (Å²) in [6.45, 7) is 3.98. The van der Waals surface area contributed by atoms with Crippen LogP contribution in [0, 0.1) is 13.8 Å². The van der Waals surface area contributed by atoms with Crippen molar-refractivity contribution in [2.75, 3.05) is 23.2 Å². The molecule has 2 amide bonds. The lowest BCUT2D eigenvalue weighted by Crippen LogP contribution is -2.44. The topological polar surface area (TPSA) is 83.6 Å². The summed E-state index contributed by atoms with van der Waals surface area (Å²) < 4.78 is 23.2. The molecule has 0 bridgehead atoms. The summed E-state index contributed by atoms with van der Waals surface area (Å²) in [5.74, 6) is 0.418. The van der Waals surface area contributed by atoms with Gasteiger partial charge >= 0.3 is 0 Å². The first-order valence-electron chi connectivity index (χ1n) is 8.74. The molecule has 1 aliphatic heterocycles. The first-order chi connectivity index (χ1) is 13.2. The van der Waals surface area contributed by atoms with Crippen molar-refractivity contribution in [1.82, 2.24) is 4.90 Å². The largest absolute Gasteiger partial charge is 0.324 e. The van der Waals surface area contributed by atoms with E-state index >= 15 is 0 Å². The van der Waals surface area contributed by atoms with Crippen LogP contribution in [0.2, 0.25) is 0 Å². The van der Waals surface area contributed by atoms with Gasteiger partial charge in [0.15, 0.2) is 9.84 Å². The van der Waals surface area contributed by atoms with Crippen molar-refractivity contribution in [2.24, 2.45) is 0 Å². The minimum Gasteiger partial charge on any atom is -0.324 e. The Bertz CT molecular complexity index is 1020. The normalized spacial score (nSPS) is 16.8. The van der Waals surface area contributed by atoms with Crippen molar-refractivity contribution in [3.05, 3.63) is 59.2 Å². The number of anilines is 1. The molecule has 0 saturated carbocycles. The predicted molar refractivity (Wildman–Crippen MR) is 111 cm³/mol. The van der Waals surface area contributed by atoms with E-state index in [-0.39, 0.29) is 16.7 Å². The van der Waals surface area contributed by atoms with Crippen molar-refractivity contribution < 1.29 is 18.0 Å². The Hall–Kier alpha value is -2.32. The predicted octanol–water partition coefficient (Wildman–Crippen LogP) is 2.86. The molecule has 6 nitrogen and oxygen atoms in total. The van der Waals surface area contributed by atoms with Crippen LogP contribution in [-0.2, 0) is 14.6 Å². The number of benzene rings is 2. The van der Waals surface area contributed by atoms with E-state index in [0.717, 1.165) is 17.4 Å². The number of hydrogen-bond donors (Lipinski definition) is 1. The number of amides is 2. The number of nitrogens with zero attached hydrogens (tertiary/aromatic N) is 1. The van der Waals surface area contributed by atoms with E-state index in [4.69, 9.17) is 0 Å². The van der Waals surface area contributed by atoms with E-state index in [1.54, 1.807) is 0 Å². The summed E-state index contributed by atoms with van der Waals surface area (Å²) in [6, 6.07) is 10.9. The Morgan fingerprint density at radius 3 is 2.36 bits per heavy atom. The molecule has 1 unspecified atom stereocenters. The van der Waals surface area contributed by atoms with E-state index < -0.39 is 15.9 Å². The van der Waals surface area contributed by atoms with Gasteiger partial charge in [-0.3, -0.25) is 9.59 Å². The quantitative estimate of drug-likeness (QED) is 0.825. The van der Waals surface area contributed by atoms with Crippen molar-refractivity contribution in [3.8, 4) is 0 Å². The molecule has 0 spiro atoms. The maximum Gasteiger partial charge on any atom is 0.255 e. The molecular weight excluding hydrogens is 396 g/mol. The Labute approximate surface area is 169 Å². The van der Waals surface area contributed by atoms with Gasteiger partial charge in [-0.05, 0) is 61.4 Å².